The molecule has 0 atom stereocenters. The Balaban J connectivity index is 1.37. The lowest BCUT2D eigenvalue weighted by molar-refractivity contribution is 0.0698. The largest absolute Gasteiger partial charge is 0.345 e. The first-order chi connectivity index (χ1) is 16.5. The Kier molecular flexibility index (Phi) is 5.61. The van der Waals surface area contributed by atoms with E-state index in [-0.39, 0.29) is 37.0 Å². The quantitative estimate of drug-likeness (QED) is 0.491. The summed E-state index contributed by atoms with van der Waals surface area (Å²) in [5.74, 6) is -0.184. The Morgan fingerprint density at radius 3 is 2.41 bits per heavy atom. The fraction of sp³-hybridized carbons (Fsp3) is 0.160. The minimum atomic E-state index is -3.73. The number of carbonyl (C=O) groups is 1. The fourth-order valence-corrected chi connectivity index (χ4v) is 5.88. The second-order valence-corrected chi connectivity index (χ2v) is 9.86. The molecule has 34 heavy (non-hydrogen) atoms. The number of hydrogen-bond donors (Lipinski definition) is 1. The summed E-state index contributed by atoms with van der Waals surface area (Å²) in [6, 6.07) is 20.0. The van der Waals surface area contributed by atoms with E-state index in [4.69, 9.17) is 0 Å². The number of aromatic nitrogens is 2. The number of fused-ring (bicyclic) bond motifs is 1. The van der Waals surface area contributed by atoms with Gasteiger partial charge >= 0.3 is 0 Å². The van der Waals surface area contributed by atoms with Crippen LogP contribution in [0.15, 0.2) is 78.0 Å². The first-order valence-electron chi connectivity index (χ1n) is 10.8. The molecule has 5 rings (SSSR count). The molecule has 2 aromatic carbocycles. The second kappa shape index (κ2) is 8.74. The number of nitrogens with one attached hydrogen (secondary N) is 1. The van der Waals surface area contributed by atoms with E-state index >= 15 is 0 Å². The highest BCUT2D eigenvalue weighted by Gasteiger charge is 2.32. The molecule has 1 aliphatic rings. The Bertz CT molecular complexity index is 1530. The van der Waals surface area contributed by atoms with E-state index in [1.807, 2.05) is 24.3 Å². The smallest absolute Gasteiger partial charge is 0.254 e. The van der Waals surface area contributed by atoms with Gasteiger partial charge in [0.2, 0.25) is 10.0 Å². The number of sulfonamides is 1. The van der Waals surface area contributed by atoms with Crippen LogP contribution in [-0.2, 0) is 10.0 Å². The number of amides is 1. The molecule has 0 saturated carbocycles. The van der Waals surface area contributed by atoms with E-state index in [1.165, 1.54) is 10.5 Å². The number of H-pyrrole nitrogens is 1. The minimum absolute atomic E-state index is 0.184. The average molecular weight is 472 g/mol. The van der Waals surface area contributed by atoms with Gasteiger partial charge in [-0.15, -0.1) is 0 Å². The Labute approximate surface area is 197 Å². The molecule has 2 aromatic heterocycles. The summed E-state index contributed by atoms with van der Waals surface area (Å²) in [6.07, 6.45) is 3.07. The van der Waals surface area contributed by atoms with Crippen LogP contribution in [0.5, 0.6) is 0 Å². The lowest BCUT2D eigenvalue weighted by atomic mass is 9.95. The number of aromatic amines is 1. The number of hydrogen-bond acceptors (Lipinski definition) is 5. The van der Waals surface area contributed by atoms with Gasteiger partial charge in [-0.2, -0.15) is 9.57 Å². The lowest BCUT2D eigenvalue weighted by Crippen LogP contribution is -2.50. The zero-order valence-corrected chi connectivity index (χ0v) is 19.0. The Morgan fingerprint density at radius 1 is 0.941 bits per heavy atom. The summed E-state index contributed by atoms with van der Waals surface area (Å²) >= 11 is 0. The maximum absolute atomic E-state index is 13.4. The molecule has 8 nitrogen and oxygen atoms in total. The molecule has 0 unspecified atom stereocenters. The summed E-state index contributed by atoms with van der Waals surface area (Å²) in [5.41, 5.74) is 2.88. The Morgan fingerprint density at radius 2 is 1.65 bits per heavy atom. The van der Waals surface area contributed by atoms with Gasteiger partial charge in [0.1, 0.15) is 10.5 Å². The van der Waals surface area contributed by atoms with Crippen LogP contribution in [0, 0.1) is 11.3 Å². The number of nitriles is 1. The zero-order chi connectivity index (χ0) is 23.7. The van der Waals surface area contributed by atoms with Gasteiger partial charge in [-0.3, -0.25) is 4.79 Å². The summed E-state index contributed by atoms with van der Waals surface area (Å²) in [4.78, 5) is 22.3. The maximum Gasteiger partial charge on any atom is 0.254 e. The van der Waals surface area contributed by atoms with Crippen molar-refractivity contribution in [1.82, 2.24) is 19.2 Å². The maximum atomic E-state index is 13.4. The van der Waals surface area contributed by atoms with Crippen molar-refractivity contribution in [2.75, 3.05) is 26.2 Å². The van der Waals surface area contributed by atoms with Crippen LogP contribution in [0.3, 0.4) is 0 Å². The predicted molar refractivity (Wildman–Crippen MR) is 127 cm³/mol. The molecule has 1 aliphatic heterocycles. The fourth-order valence-electron chi connectivity index (χ4n) is 4.31. The van der Waals surface area contributed by atoms with Crippen LogP contribution < -0.4 is 0 Å². The third-order valence-corrected chi connectivity index (χ3v) is 7.99. The molecular formula is C25H21N5O3S. The molecule has 4 aromatic rings. The van der Waals surface area contributed by atoms with E-state index < -0.39 is 10.0 Å². The molecular weight excluding hydrogens is 450 g/mol. The second-order valence-electron chi connectivity index (χ2n) is 7.95. The highest BCUT2D eigenvalue weighted by atomic mass is 32.2. The van der Waals surface area contributed by atoms with E-state index in [0.717, 1.165) is 0 Å². The van der Waals surface area contributed by atoms with Crippen LogP contribution in [0.25, 0.3) is 22.2 Å². The van der Waals surface area contributed by atoms with Gasteiger partial charge in [0.05, 0.1) is 11.6 Å². The van der Waals surface area contributed by atoms with E-state index in [1.54, 1.807) is 47.5 Å². The van der Waals surface area contributed by atoms with Gasteiger partial charge in [-0.05, 0) is 29.8 Å². The van der Waals surface area contributed by atoms with Gasteiger partial charge in [-0.25, -0.2) is 13.4 Å². The van der Waals surface area contributed by atoms with Crippen molar-refractivity contribution in [1.29, 1.82) is 5.26 Å². The number of benzene rings is 2. The SMILES string of the molecule is N#Cc1ccccc1-c1ccccc1C(=O)N1CCN(S(=O)(=O)c2c[nH]c3ncccc23)CC1. The van der Waals surface area contributed by atoms with E-state index in [0.29, 0.717) is 33.3 Å². The number of nitrogens with zero attached hydrogens (tertiary/aromatic N) is 4. The van der Waals surface area contributed by atoms with E-state index in [2.05, 4.69) is 16.0 Å². The molecule has 0 radical (unpaired) electrons. The van der Waals surface area contributed by atoms with Crippen LogP contribution in [0.2, 0.25) is 0 Å². The van der Waals surface area contributed by atoms with Gasteiger partial charge in [0.15, 0.2) is 0 Å². The summed E-state index contributed by atoms with van der Waals surface area (Å²) in [5, 5.41) is 10.0. The summed E-state index contributed by atoms with van der Waals surface area (Å²) in [6.45, 7) is 0.926. The van der Waals surface area contributed by atoms with Gasteiger partial charge in [0, 0.05) is 55.1 Å². The third-order valence-electron chi connectivity index (χ3n) is 6.05. The minimum Gasteiger partial charge on any atom is -0.345 e. The molecule has 1 amide bonds. The van der Waals surface area contributed by atoms with Crippen molar-refractivity contribution in [3.63, 3.8) is 0 Å². The molecule has 9 heteroatoms. The molecule has 170 valence electrons. The van der Waals surface area contributed by atoms with Crippen LogP contribution in [-0.4, -0.2) is 59.7 Å². The van der Waals surface area contributed by atoms with Gasteiger partial charge < -0.3 is 9.88 Å². The Hall–Kier alpha value is -4.00. The first-order valence-corrected chi connectivity index (χ1v) is 12.2. The third kappa shape index (κ3) is 3.73. The standard InChI is InChI=1S/C25H21N5O3S/c26-16-18-6-1-2-7-19(18)20-8-3-4-9-21(20)25(31)29-12-14-30(15-13-29)34(32,33)23-17-28-24-22(23)10-5-11-27-24/h1-11,17H,12-15H2,(H,27,28). The highest BCUT2D eigenvalue weighted by Crippen LogP contribution is 2.29. The van der Waals surface area contributed by atoms with Crippen LogP contribution >= 0.6 is 0 Å². The normalized spacial score (nSPS) is 14.7. The molecule has 0 aliphatic carbocycles. The van der Waals surface area contributed by atoms with Crippen LogP contribution in [0.4, 0.5) is 0 Å². The monoisotopic (exact) mass is 471 g/mol. The molecule has 0 spiro atoms. The van der Waals surface area contributed by atoms with Crippen LogP contribution in [0.1, 0.15) is 15.9 Å². The van der Waals surface area contributed by atoms with Crippen molar-refractivity contribution in [3.05, 3.63) is 84.2 Å². The van der Waals surface area contributed by atoms with Gasteiger partial charge in [0.25, 0.3) is 5.91 Å². The van der Waals surface area contributed by atoms with Crippen molar-refractivity contribution in [2.24, 2.45) is 0 Å². The van der Waals surface area contributed by atoms with Crippen molar-refractivity contribution >= 4 is 27.0 Å². The molecule has 3 heterocycles. The molecule has 1 N–H and O–H groups in total. The number of rotatable bonds is 4. The zero-order valence-electron chi connectivity index (χ0n) is 18.2. The van der Waals surface area contributed by atoms with E-state index in [9.17, 15) is 18.5 Å². The number of piperazine rings is 1. The van der Waals surface area contributed by atoms with Crippen molar-refractivity contribution in [2.45, 2.75) is 4.90 Å². The summed E-state index contributed by atoms with van der Waals surface area (Å²) < 4.78 is 27.9. The number of pyridine rings is 1. The van der Waals surface area contributed by atoms with Gasteiger partial charge in [-0.1, -0.05) is 36.4 Å². The number of carbonyl (C=O) groups excluding carboxylic acids is 1. The molecule has 0 bridgehead atoms. The topological polar surface area (TPSA) is 110 Å². The highest BCUT2D eigenvalue weighted by molar-refractivity contribution is 7.89. The van der Waals surface area contributed by atoms with Crippen molar-refractivity contribution in [3.8, 4) is 17.2 Å². The molecule has 1 saturated heterocycles. The average Bonchev–Trinajstić information content (AvgIpc) is 3.33. The van der Waals surface area contributed by atoms with Crippen molar-refractivity contribution < 1.29 is 13.2 Å². The summed E-state index contributed by atoms with van der Waals surface area (Å²) in [7, 11) is -3.73. The molecule has 1 fully saturated rings. The first kappa shape index (κ1) is 21.8. The lowest BCUT2D eigenvalue weighted by Gasteiger charge is -2.34. The predicted octanol–water partition coefficient (Wildman–Crippen LogP) is 3.25.